The van der Waals surface area contributed by atoms with Gasteiger partial charge in [0.05, 0.1) is 19.0 Å². The van der Waals surface area contributed by atoms with Gasteiger partial charge in [-0.05, 0) is 67.8 Å². The number of rotatable bonds is 13. The Morgan fingerprint density at radius 3 is 2.47 bits per heavy atom. The second-order valence-electron chi connectivity index (χ2n) is 11.3. The zero-order chi connectivity index (χ0) is 30.4. The Hall–Kier alpha value is -4.17. The molecular formula is C29H39N9O5. The van der Waals surface area contributed by atoms with Gasteiger partial charge in [0, 0.05) is 43.2 Å². The Labute approximate surface area is 249 Å². The molecule has 0 radical (unpaired) electrons. The van der Waals surface area contributed by atoms with Gasteiger partial charge in [-0.3, -0.25) is 29.0 Å². The standard InChI is InChI=1S/C29H39N9O5/c1-2-38(24(39)19-36-12-8-9-13-36)29(17-25(40)41,37-14-6-3-7-15-37)28(43)31-23(26(42)27-32-34-35-33-27)16-20-18-30-22-11-5-4-10-21(20)22/h4-5,10-11,18,23,30H,2-3,6-9,12-17,19H2,1H3,(H,31,43)(H,40,41)(H,32,33,34,35)/t23-,29-/m0/s1. The van der Waals surface area contributed by atoms with E-state index in [2.05, 4.69) is 30.9 Å². The van der Waals surface area contributed by atoms with Crippen LogP contribution in [0.4, 0.5) is 0 Å². The number of ketones is 1. The summed E-state index contributed by atoms with van der Waals surface area (Å²) in [5.74, 6) is -2.93. The smallest absolute Gasteiger partial charge is 0.307 e. The number of H-pyrrole nitrogens is 2. The molecule has 2 aliphatic heterocycles. The van der Waals surface area contributed by atoms with Gasteiger partial charge in [-0.15, -0.1) is 5.10 Å². The number of nitrogens with zero attached hydrogens (tertiary/aromatic N) is 6. The van der Waals surface area contributed by atoms with Crippen molar-refractivity contribution in [3.8, 4) is 0 Å². The number of Topliss-reactive ketones (excluding diaryl/α,β-unsaturated/α-hetero) is 1. The van der Waals surface area contributed by atoms with Crippen LogP contribution < -0.4 is 5.32 Å². The van der Waals surface area contributed by atoms with Crippen LogP contribution in [0, 0.1) is 0 Å². The van der Waals surface area contributed by atoms with E-state index in [0.29, 0.717) is 13.1 Å². The molecule has 4 heterocycles. The highest BCUT2D eigenvalue weighted by Gasteiger charge is 2.53. The van der Waals surface area contributed by atoms with Gasteiger partial charge in [-0.1, -0.05) is 24.6 Å². The Morgan fingerprint density at radius 2 is 1.79 bits per heavy atom. The molecule has 4 N–H and O–H groups in total. The monoisotopic (exact) mass is 593 g/mol. The lowest BCUT2D eigenvalue weighted by Gasteiger charge is -2.50. The molecule has 2 aliphatic rings. The lowest BCUT2D eigenvalue weighted by molar-refractivity contribution is -0.171. The second kappa shape index (κ2) is 13.4. The summed E-state index contributed by atoms with van der Waals surface area (Å²) in [5.41, 5.74) is -0.188. The highest BCUT2D eigenvalue weighted by atomic mass is 16.4. The highest BCUT2D eigenvalue weighted by molar-refractivity contribution is 6.02. The third-order valence-electron chi connectivity index (χ3n) is 8.56. The van der Waals surface area contributed by atoms with Crippen LogP contribution in [0.2, 0.25) is 0 Å². The van der Waals surface area contributed by atoms with Gasteiger partial charge in [0.2, 0.25) is 17.5 Å². The summed E-state index contributed by atoms with van der Waals surface area (Å²) in [5, 5.41) is 27.3. The van der Waals surface area contributed by atoms with E-state index in [9.17, 15) is 24.3 Å². The summed E-state index contributed by atoms with van der Waals surface area (Å²) < 4.78 is 0. The van der Waals surface area contributed by atoms with Crippen LogP contribution in [0.15, 0.2) is 30.5 Å². The van der Waals surface area contributed by atoms with Crippen molar-refractivity contribution in [3.05, 3.63) is 41.9 Å². The van der Waals surface area contributed by atoms with Crippen molar-refractivity contribution >= 4 is 34.5 Å². The number of hydrogen-bond donors (Lipinski definition) is 4. The van der Waals surface area contributed by atoms with Crippen LogP contribution in [-0.4, -0.2) is 120 Å². The van der Waals surface area contributed by atoms with Gasteiger partial charge in [0.1, 0.15) is 0 Å². The highest BCUT2D eigenvalue weighted by Crippen LogP contribution is 2.31. The maximum Gasteiger partial charge on any atom is 0.307 e. The molecular weight excluding hydrogens is 554 g/mol. The maximum absolute atomic E-state index is 14.7. The molecule has 2 amide bonds. The van der Waals surface area contributed by atoms with Crippen molar-refractivity contribution in [3.63, 3.8) is 0 Å². The van der Waals surface area contributed by atoms with Crippen molar-refractivity contribution < 1.29 is 24.3 Å². The number of aromatic amines is 2. The summed E-state index contributed by atoms with van der Waals surface area (Å²) in [6.45, 7) is 4.41. The zero-order valence-corrected chi connectivity index (χ0v) is 24.4. The molecule has 2 fully saturated rings. The van der Waals surface area contributed by atoms with E-state index in [1.807, 2.05) is 34.1 Å². The first-order valence-electron chi connectivity index (χ1n) is 15.0. The van der Waals surface area contributed by atoms with Crippen molar-refractivity contribution in [2.24, 2.45) is 0 Å². The Morgan fingerprint density at radius 1 is 1.07 bits per heavy atom. The van der Waals surface area contributed by atoms with Gasteiger partial charge in [0.25, 0.3) is 5.91 Å². The first-order valence-corrected chi connectivity index (χ1v) is 15.0. The third-order valence-corrected chi connectivity index (χ3v) is 8.56. The minimum absolute atomic E-state index is 0.0896. The number of amides is 2. The van der Waals surface area contributed by atoms with Crippen LogP contribution in [0.5, 0.6) is 0 Å². The topological polar surface area (TPSA) is 181 Å². The van der Waals surface area contributed by atoms with Crippen LogP contribution in [-0.2, 0) is 20.8 Å². The largest absolute Gasteiger partial charge is 0.481 e. The van der Waals surface area contributed by atoms with Crippen molar-refractivity contribution in [1.82, 2.24) is 45.6 Å². The Bertz CT molecular complexity index is 1430. The minimum atomic E-state index is -1.84. The predicted molar refractivity (Wildman–Crippen MR) is 156 cm³/mol. The molecule has 0 saturated carbocycles. The molecule has 0 aliphatic carbocycles. The molecule has 0 unspecified atom stereocenters. The fourth-order valence-corrected chi connectivity index (χ4v) is 6.49. The number of carboxylic acid groups (broad SMARTS) is 1. The number of aromatic nitrogens is 5. The third kappa shape index (κ3) is 6.44. The molecule has 3 aromatic rings. The van der Waals surface area contributed by atoms with E-state index < -0.39 is 35.8 Å². The number of aliphatic carboxylic acids is 1. The normalized spacial score (nSPS) is 18.3. The number of fused-ring (bicyclic) bond motifs is 1. The van der Waals surface area contributed by atoms with E-state index in [-0.39, 0.29) is 31.2 Å². The van der Waals surface area contributed by atoms with Gasteiger partial charge < -0.3 is 20.3 Å². The van der Waals surface area contributed by atoms with Crippen LogP contribution in [0.3, 0.4) is 0 Å². The molecule has 5 rings (SSSR count). The molecule has 2 aromatic heterocycles. The Kier molecular flexibility index (Phi) is 9.46. The van der Waals surface area contributed by atoms with E-state index in [4.69, 9.17) is 0 Å². The zero-order valence-electron chi connectivity index (χ0n) is 24.4. The molecule has 14 nitrogen and oxygen atoms in total. The summed E-state index contributed by atoms with van der Waals surface area (Å²) in [7, 11) is 0. The number of piperidine rings is 1. The number of likely N-dealkylation sites (tertiary alicyclic amines) is 2. The predicted octanol–water partition coefficient (Wildman–Crippen LogP) is 1.19. The number of hydrogen-bond acceptors (Lipinski definition) is 9. The van der Waals surface area contributed by atoms with E-state index in [0.717, 1.165) is 61.7 Å². The molecule has 0 bridgehead atoms. The average molecular weight is 594 g/mol. The van der Waals surface area contributed by atoms with Gasteiger partial charge in [0.15, 0.2) is 5.66 Å². The summed E-state index contributed by atoms with van der Waals surface area (Å²) in [6, 6.07) is 6.46. The molecule has 0 spiro atoms. The van der Waals surface area contributed by atoms with Gasteiger partial charge >= 0.3 is 5.97 Å². The second-order valence-corrected chi connectivity index (χ2v) is 11.3. The number of carbonyl (C=O) groups excluding carboxylic acids is 3. The first kappa shape index (κ1) is 30.3. The minimum Gasteiger partial charge on any atom is -0.481 e. The molecule has 43 heavy (non-hydrogen) atoms. The maximum atomic E-state index is 14.7. The quantitative estimate of drug-likeness (QED) is 0.210. The fourth-order valence-electron chi connectivity index (χ4n) is 6.49. The van der Waals surface area contributed by atoms with Gasteiger partial charge in [-0.25, -0.2) is 5.10 Å². The van der Waals surface area contributed by atoms with Crippen molar-refractivity contribution in [2.75, 3.05) is 39.3 Å². The van der Waals surface area contributed by atoms with E-state index in [1.165, 1.54) is 4.90 Å². The molecule has 230 valence electrons. The van der Waals surface area contributed by atoms with Gasteiger partial charge in [-0.2, -0.15) is 0 Å². The number of carboxylic acids is 1. The summed E-state index contributed by atoms with van der Waals surface area (Å²) in [6.07, 6.45) is 5.67. The molecule has 2 atom stereocenters. The van der Waals surface area contributed by atoms with Crippen LogP contribution in [0.25, 0.3) is 10.9 Å². The number of nitrogens with one attached hydrogen (secondary N) is 3. The van der Waals surface area contributed by atoms with Crippen LogP contribution in [0.1, 0.15) is 61.6 Å². The molecule has 14 heteroatoms. The van der Waals surface area contributed by atoms with Crippen molar-refractivity contribution in [1.29, 1.82) is 0 Å². The van der Waals surface area contributed by atoms with E-state index in [1.54, 1.807) is 13.1 Å². The van der Waals surface area contributed by atoms with E-state index >= 15 is 0 Å². The number of benzene rings is 1. The number of tetrazole rings is 1. The van der Waals surface area contributed by atoms with Crippen molar-refractivity contribution in [2.45, 2.75) is 63.6 Å². The summed E-state index contributed by atoms with van der Waals surface area (Å²) in [4.78, 5) is 63.2. The lowest BCUT2D eigenvalue weighted by atomic mass is 9.94. The number of likely N-dealkylation sites (N-methyl/N-ethyl adjacent to an activating group) is 1. The lowest BCUT2D eigenvalue weighted by Crippen LogP contribution is -2.72. The molecule has 2 saturated heterocycles. The Balaban J connectivity index is 1.54. The first-order chi connectivity index (χ1) is 20.8. The number of para-hydroxylation sites is 1. The van der Waals surface area contributed by atoms with Crippen LogP contribution >= 0.6 is 0 Å². The average Bonchev–Trinajstić information content (AvgIpc) is 3.80. The number of carbonyl (C=O) groups is 4. The summed E-state index contributed by atoms with van der Waals surface area (Å²) >= 11 is 0. The SMILES string of the molecule is CCN(C(=O)CN1CCCC1)[C@@](CC(=O)O)(C(=O)N[C@@H](Cc1c[nH]c2ccccc12)C(=O)c1nnn[nH]1)N1CCCCC1. The fraction of sp³-hybridized carbons (Fsp3) is 0.552. The molecule has 1 aromatic carbocycles.